The van der Waals surface area contributed by atoms with E-state index in [1.165, 1.54) is 12.1 Å². The van der Waals surface area contributed by atoms with Crippen LogP contribution in [0.2, 0.25) is 0 Å². The number of phenolic OH excluding ortho intramolecular Hbond substituents is 1. The lowest BCUT2D eigenvalue weighted by Gasteiger charge is -2.46. The fraction of sp³-hybridized carbons (Fsp3) is 0.250. The minimum atomic E-state index is -2.03. The number of fused-ring (bicyclic) bond motifs is 3. The van der Waals surface area contributed by atoms with Crippen molar-refractivity contribution in [1.29, 1.82) is 0 Å². The van der Waals surface area contributed by atoms with Crippen molar-refractivity contribution in [3.05, 3.63) is 191 Å². The molecule has 7 atom stereocenters. The molecular weight excluding hydrogens is 871 g/mol. The van der Waals surface area contributed by atoms with Gasteiger partial charge in [-0.05, 0) is 89.3 Å². The Morgan fingerprint density at radius 2 is 1.43 bits per heavy atom. The molecule has 4 amide bonds. The summed E-state index contributed by atoms with van der Waals surface area (Å²) in [4.78, 5) is 68.2. The first kappa shape index (κ1) is 45.0. The van der Waals surface area contributed by atoms with Gasteiger partial charge >= 0.3 is 12.0 Å². The maximum atomic E-state index is 16.6. The molecule has 0 unspecified atom stereocenters. The summed E-state index contributed by atoms with van der Waals surface area (Å²) in [5.74, 6) is 2.41. The molecule has 4 N–H and O–H groups in total. The van der Waals surface area contributed by atoms with E-state index in [9.17, 15) is 10.2 Å². The third-order valence-electron chi connectivity index (χ3n) is 13.8. The van der Waals surface area contributed by atoms with Gasteiger partial charge in [0.15, 0.2) is 0 Å². The van der Waals surface area contributed by atoms with Crippen molar-refractivity contribution in [1.82, 2.24) is 10.2 Å². The zero-order valence-corrected chi connectivity index (χ0v) is 37.9. The van der Waals surface area contributed by atoms with Crippen LogP contribution in [0.3, 0.4) is 0 Å². The molecule has 0 saturated carbocycles. The molecule has 4 aliphatic rings. The van der Waals surface area contributed by atoms with E-state index >= 15 is 19.2 Å². The van der Waals surface area contributed by atoms with Gasteiger partial charge in [0.1, 0.15) is 23.3 Å². The van der Waals surface area contributed by atoms with Gasteiger partial charge < -0.3 is 35.2 Å². The van der Waals surface area contributed by atoms with Gasteiger partial charge in [-0.3, -0.25) is 19.3 Å². The Morgan fingerprint density at radius 1 is 0.783 bits per heavy atom. The molecule has 3 fully saturated rings. The standard InChI is InChI=1S/C56H51N5O8/c1-36(38-14-5-2-6-15-38)57-55(67)60-46-29-20-37(13-11-12-32-62)35-45(46)56(54(60)66)47(52(64)58-42-23-25-43(26-24-42)59-30-33-68-34-31-59)49-53(65)69-50(40-18-9-4-10-19-40)48(39-16-7-3-8-17-39)61(49)51(56)41-21-27-44(63)28-22-41/h2-10,14-29,35-36,47-51,62-63H,12,30-34H2,1H3,(H,57,67)(H,58,64)/t36-,47+,48+,49+,50-,51-,56+/m1/s1. The third-order valence-corrected chi connectivity index (χ3v) is 13.8. The number of benzene rings is 6. The molecule has 0 bridgehead atoms. The summed E-state index contributed by atoms with van der Waals surface area (Å²) in [5.41, 5.74) is 3.08. The van der Waals surface area contributed by atoms with E-state index in [4.69, 9.17) is 9.47 Å². The number of carbonyl (C=O) groups excluding carboxylic acids is 4. The fourth-order valence-electron chi connectivity index (χ4n) is 10.7. The van der Waals surface area contributed by atoms with E-state index in [0.717, 1.165) is 21.7 Å². The Labute approximate surface area is 400 Å². The van der Waals surface area contributed by atoms with Crippen LogP contribution in [0.15, 0.2) is 158 Å². The van der Waals surface area contributed by atoms with Gasteiger partial charge in [0.25, 0.3) is 0 Å². The van der Waals surface area contributed by atoms with Crippen LogP contribution < -0.4 is 20.4 Å². The van der Waals surface area contributed by atoms with E-state index in [-0.39, 0.29) is 24.5 Å². The van der Waals surface area contributed by atoms with Crippen LogP contribution in [-0.2, 0) is 29.3 Å². The Balaban J connectivity index is 1.22. The van der Waals surface area contributed by atoms with Gasteiger partial charge in [0.2, 0.25) is 11.8 Å². The number of rotatable bonds is 9. The van der Waals surface area contributed by atoms with Gasteiger partial charge in [0.05, 0.1) is 49.6 Å². The SMILES string of the molecule is C[C@@H](NC(=O)N1C(=O)[C@@]2(c3cc(C#CCCO)ccc31)[C@H](C(=O)Nc1ccc(N3CCOCC3)cc1)[C@H]1C(=O)O[C@H](c3ccccc3)[C@H](c3ccccc3)N1[C@@H]2c1ccc(O)cc1)c1ccccc1. The number of urea groups is 1. The monoisotopic (exact) mass is 921 g/mol. The zero-order chi connectivity index (χ0) is 47.6. The van der Waals surface area contributed by atoms with Crippen LogP contribution >= 0.6 is 0 Å². The Kier molecular flexibility index (Phi) is 12.5. The van der Waals surface area contributed by atoms with Gasteiger partial charge in [-0.2, -0.15) is 0 Å². The van der Waals surface area contributed by atoms with Crippen molar-refractivity contribution < 1.29 is 38.9 Å². The molecule has 4 heterocycles. The predicted octanol–water partition coefficient (Wildman–Crippen LogP) is 7.74. The van der Waals surface area contributed by atoms with Crippen molar-refractivity contribution in [3.63, 3.8) is 0 Å². The quantitative estimate of drug-likeness (QED) is 0.0835. The molecular formula is C56H51N5O8. The number of imide groups is 1. The molecule has 3 saturated heterocycles. The molecule has 13 heteroatoms. The molecule has 4 aliphatic heterocycles. The number of cyclic esters (lactones) is 1. The summed E-state index contributed by atoms with van der Waals surface area (Å²) in [6, 6.07) is 42.6. The number of morpholine rings is 2. The summed E-state index contributed by atoms with van der Waals surface area (Å²) in [7, 11) is 0. The second-order valence-electron chi connectivity index (χ2n) is 17.7. The normalized spacial score (nSPS) is 23.3. The number of ether oxygens (including phenoxy) is 2. The summed E-state index contributed by atoms with van der Waals surface area (Å²) in [6.45, 7) is 4.27. The average Bonchev–Trinajstić information content (AvgIpc) is 3.84. The summed E-state index contributed by atoms with van der Waals surface area (Å²) in [6.07, 6.45) is -0.735. The Morgan fingerprint density at radius 3 is 2.10 bits per heavy atom. The molecule has 69 heavy (non-hydrogen) atoms. The first-order valence-electron chi connectivity index (χ1n) is 23.2. The lowest BCUT2D eigenvalue weighted by Crippen LogP contribution is -2.55. The molecule has 0 aliphatic carbocycles. The average molecular weight is 922 g/mol. The highest BCUT2D eigenvalue weighted by Gasteiger charge is 2.75. The van der Waals surface area contributed by atoms with E-state index in [1.807, 2.05) is 115 Å². The lowest BCUT2D eigenvalue weighted by molar-refractivity contribution is -0.177. The highest BCUT2D eigenvalue weighted by molar-refractivity contribution is 6.25. The summed E-state index contributed by atoms with van der Waals surface area (Å²) in [5, 5.41) is 26.6. The number of carbonyl (C=O) groups is 4. The number of nitrogens with zero attached hydrogens (tertiary/aromatic N) is 3. The molecule has 6 aromatic carbocycles. The number of esters is 1. The van der Waals surface area contributed by atoms with Crippen molar-refractivity contribution in [2.24, 2.45) is 5.92 Å². The van der Waals surface area contributed by atoms with E-state index in [0.29, 0.717) is 54.2 Å². The Bertz CT molecular complexity index is 2920. The molecule has 348 valence electrons. The molecule has 6 aromatic rings. The first-order valence-corrected chi connectivity index (χ1v) is 23.2. The summed E-state index contributed by atoms with van der Waals surface area (Å²) < 4.78 is 12.2. The van der Waals surface area contributed by atoms with Crippen molar-refractivity contribution in [3.8, 4) is 17.6 Å². The Hall–Kier alpha value is -7.76. The number of phenols is 1. The van der Waals surface area contributed by atoms with Crippen molar-refractivity contribution in [2.75, 3.05) is 48.0 Å². The number of nitrogens with one attached hydrogen (secondary N) is 2. The van der Waals surface area contributed by atoms with Gasteiger partial charge in [-0.15, -0.1) is 0 Å². The summed E-state index contributed by atoms with van der Waals surface area (Å²) >= 11 is 0. The fourth-order valence-corrected chi connectivity index (χ4v) is 10.7. The maximum absolute atomic E-state index is 16.6. The number of hydrogen-bond acceptors (Lipinski definition) is 10. The highest BCUT2D eigenvalue weighted by Crippen LogP contribution is 2.66. The van der Waals surface area contributed by atoms with Crippen LogP contribution in [0.5, 0.6) is 5.75 Å². The lowest BCUT2D eigenvalue weighted by atomic mass is 9.65. The van der Waals surface area contributed by atoms with Crippen molar-refractivity contribution >= 4 is 40.9 Å². The minimum Gasteiger partial charge on any atom is -0.508 e. The number of aliphatic hydroxyl groups is 1. The van der Waals surface area contributed by atoms with Crippen LogP contribution in [0.25, 0.3) is 0 Å². The van der Waals surface area contributed by atoms with Gasteiger partial charge in [-0.1, -0.05) is 115 Å². The zero-order valence-electron chi connectivity index (χ0n) is 37.9. The molecule has 0 aromatic heterocycles. The number of aliphatic hydroxyl groups excluding tert-OH is 1. The predicted molar refractivity (Wildman–Crippen MR) is 260 cm³/mol. The van der Waals surface area contributed by atoms with Crippen LogP contribution in [0.1, 0.15) is 71.0 Å². The largest absolute Gasteiger partial charge is 0.508 e. The number of anilines is 3. The maximum Gasteiger partial charge on any atom is 0.329 e. The first-order chi connectivity index (χ1) is 33.7. The van der Waals surface area contributed by atoms with E-state index < -0.39 is 65.4 Å². The highest BCUT2D eigenvalue weighted by atomic mass is 16.6. The van der Waals surface area contributed by atoms with Crippen molar-refractivity contribution in [2.45, 2.75) is 49.0 Å². The molecule has 0 radical (unpaired) electrons. The minimum absolute atomic E-state index is 0.0347. The second kappa shape index (κ2) is 19.1. The smallest absolute Gasteiger partial charge is 0.329 e. The van der Waals surface area contributed by atoms with Gasteiger partial charge in [-0.25, -0.2) is 9.69 Å². The van der Waals surface area contributed by atoms with E-state index in [1.54, 1.807) is 42.5 Å². The van der Waals surface area contributed by atoms with Gasteiger partial charge in [0, 0.05) is 36.4 Å². The molecule has 1 spiro atoms. The number of aromatic hydroxyl groups is 1. The molecule has 10 rings (SSSR count). The van der Waals surface area contributed by atoms with Crippen LogP contribution in [0, 0.1) is 17.8 Å². The second-order valence-corrected chi connectivity index (χ2v) is 17.7. The third kappa shape index (κ3) is 8.16. The molecule has 13 nitrogen and oxygen atoms in total. The van der Waals surface area contributed by atoms with Crippen LogP contribution in [0.4, 0.5) is 21.9 Å². The number of amides is 4. The number of hydrogen-bond donors (Lipinski definition) is 4. The topological polar surface area (TPSA) is 161 Å². The van der Waals surface area contributed by atoms with Crippen LogP contribution in [-0.4, -0.2) is 77.9 Å². The van der Waals surface area contributed by atoms with E-state index in [2.05, 4.69) is 27.4 Å².